The van der Waals surface area contributed by atoms with Crippen molar-refractivity contribution in [1.82, 2.24) is 9.88 Å². The maximum absolute atomic E-state index is 12.4. The van der Waals surface area contributed by atoms with E-state index < -0.39 is 0 Å². The number of ether oxygens (including phenoxy) is 1. The molecule has 25 heavy (non-hydrogen) atoms. The molecule has 6 nitrogen and oxygen atoms in total. The first kappa shape index (κ1) is 17.3. The van der Waals surface area contributed by atoms with Crippen LogP contribution in [0.5, 0.6) is 0 Å². The zero-order valence-electron chi connectivity index (χ0n) is 14.8. The average Bonchev–Trinajstić information content (AvgIpc) is 2.61. The number of methoxy groups -OCH3 is 1. The van der Waals surface area contributed by atoms with E-state index in [0.717, 1.165) is 18.4 Å². The first-order chi connectivity index (χ1) is 11.9. The maximum atomic E-state index is 12.4. The van der Waals surface area contributed by atoms with Gasteiger partial charge in [0.25, 0.3) is 0 Å². The Labute approximate surface area is 147 Å². The molecule has 0 amide bonds. The summed E-state index contributed by atoms with van der Waals surface area (Å²) >= 11 is 0. The Balaban J connectivity index is 2.07. The highest BCUT2D eigenvalue weighted by atomic mass is 16.5. The number of hydrogen-bond acceptors (Lipinski definition) is 6. The van der Waals surface area contributed by atoms with E-state index in [1.165, 1.54) is 6.92 Å². The Morgan fingerprint density at radius 2 is 2.04 bits per heavy atom. The second-order valence-electron chi connectivity index (χ2n) is 6.84. The van der Waals surface area contributed by atoms with E-state index in [9.17, 15) is 14.9 Å². The highest BCUT2D eigenvalue weighted by Gasteiger charge is 2.36. The number of pyridine rings is 1. The molecule has 0 atom stereocenters. The molecule has 0 unspecified atom stereocenters. The van der Waals surface area contributed by atoms with Crippen molar-refractivity contribution in [1.29, 1.82) is 5.26 Å². The van der Waals surface area contributed by atoms with Crippen LogP contribution < -0.4 is 0 Å². The topological polar surface area (TPSA) is 83.3 Å². The third kappa shape index (κ3) is 3.08. The molecule has 0 aromatic carbocycles. The van der Waals surface area contributed by atoms with E-state index in [0.29, 0.717) is 30.2 Å². The molecule has 0 bridgehead atoms. The van der Waals surface area contributed by atoms with Gasteiger partial charge in [0.15, 0.2) is 11.6 Å². The van der Waals surface area contributed by atoms with Crippen molar-refractivity contribution >= 4 is 17.3 Å². The lowest BCUT2D eigenvalue weighted by Gasteiger charge is -2.41. The summed E-state index contributed by atoms with van der Waals surface area (Å²) < 4.78 is 5.57. The lowest BCUT2D eigenvalue weighted by molar-refractivity contribution is -0.114. The SMILES string of the molecule is COC1(C)CCN(C2=C(C#N)C(=O)Cc3ccc(C(C)=O)nc32)CC1. The summed E-state index contributed by atoms with van der Waals surface area (Å²) in [5.74, 6) is -0.328. The van der Waals surface area contributed by atoms with Crippen LogP contribution in [0.1, 0.15) is 48.4 Å². The number of hydrogen-bond donors (Lipinski definition) is 0. The monoisotopic (exact) mass is 339 g/mol. The van der Waals surface area contributed by atoms with Gasteiger partial charge in [-0.2, -0.15) is 5.26 Å². The van der Waals surface area contributed by atoms with Crippen molar-refractivity contribution in [2.45, 2.75) is 38.7 Å². The number of fused-ring (bicyclic) bond motifs is 1. The summed E-state index contributed by atoms with van der Waals surface area (Å²) in [6, 6.07) is 5.47. The molecule has 0 N–H and O–H groups in total. The van der Waals surface area contributed by atoms with Crippen LogP contribution in [0.3, 0.4) is 0 Å². The van der Waals surface area contributed by atoms with E-state index in [1.54, 1.807) is 19.2 Å². The third-order valence-corrected chi connectivity index (χ3v) is 5.17. The van der Waals surface area contributed by atoms with Gasteiger partial charge in [-0.1, -0.05) is 6.07 Å². The fourth-order valence-corrected chi connectivity index (χ4v) is 3.37. The average molecular weight is 339 g/mol. The molecule has 1 aromatic rings. The van der Waals surface area contributed by atoms with Crippen LogP contribution in [0.4, 0.5) is 0 Å². The number of allylic oxidation sites excluding steroid dienone is 1. The zero-order valence-corrected chi connectivity index (χ0v) is 14.8. The fourth-order valence-electron chi connectivity index (χ4n) is 3.37. The van der Waals surface area contributed by atoms with E-state index in [2.05, 4.69) is 18.0 Å². The number of nitrogens with zero attached hydrogens (tertiary/aromatic N) is 3. The molecule has 6 heteroatoms. The van der Waals surface area contributed by atoms with Crippen molar-refractivity contribution in [2.75, 3.05) is 20.2 Å². The van der Waals surface area contributed by atoms with Gasteiger partial charge in [-0.3, -0.25) is 9.59 Å². The molecule has 0 radical (unpaired) electrons. The summed E-state index contributed by atoms with van der Waals surface area (Å²) in [6.45, 7) is 4.87. The largest absolute Gasteiger partial charge is 0.378 e. The lowest BCUT2D eigenvalue weighted by Crippen LogP contribution is -2.44. The number of rotatable bonds is 3. The molecular formula is C19H21N3O3. The van der Waals surface area contributed by atoms with E-state index in [4.69, 9.17) is 4.74 Å². The number of carbonyl (C=O) groups is 2. The second kappa shape index (κ2) is 6.41. The van der Waals surface area contributed by atoms with Crippen molar-refractivity contribution < 1.29 is 14.3 Å². The minimum Gasteiger partial charge on any atom is -0.378 e. The molecule has 2 heterocycles. The Kier molecular flexibility index (Phi) is 4.44. The van der Waals surface area contributed by atoms with Crippen molar-refractivity contribution in [3.63, 3.8) is 0 Å². The normalized spacial score (nSPS) is 19.4. The van der Waals surface area contributed by atoms with E-state index in [-0.39, 0.29) is 29.2 Å². The van der Waals surface area contributed by atoms with Gasteiger partial charge in [0.05, 0.1) is 17.0 Å². The van der Waals surface area contributed by atoms with Crippen LogP contribution in [0.15, 0.2) is 17.7 Å². The highest BCUT2D eigenvalue weighted by molar-refractivity contribution is 6.09. The second-order valence-corrected chi connectivity index (χ2v) is 6.84. The standard InChI is InChI=1S/C19H21N3O3/c1-12(23)15-5-4-13-10-16(24)14(11-20)18(17(13)21-15)22-8-6-19(2,25-3)7-9-22/h4-5H,6-10H2,1-3H3. The molecule has 0 spiro atoms. The smallest absolute Gasteiger partial charge is 0.180 e. The summed E-state index contributed by atoms with van der Waals surface area (Å²) in [4.78, 5) is 30.6. The molecule has 0 saturated carbocycles. The van der Waals surface area contributed by atoms with Crippen molar-refractivity contribution in [3.05, 3.63) is 34.7 Å². The molecule has 3 rings (SSSR count). The first-order valence-electron chi connectivity index (χ1n) is 8.37. The van der Waals surface area contributed by atoms with Crippen LogP contribution in [-0.4, -0.2) is 47.3 Å². The van der Waals surface area contributed by atoms with Gasteiger partial charge < -0.3 is 9.64 Å². The minimum atomic E-state index is -0.194. The summed E-state index contributed by atoms with van der Waals surface area (Å²) in [5, 5.41) is 9.54. The van der Waals surface area contributed by atoms with Crippen LogP contribution in [0.2, 0.25) is 0 Å². The highest BCUT2D eigenvalue weighted by Crippen LogP contribution is 2.35. The quantitative estimate of drug-likeness (QED) is 0.785. The van der Waals surface area contributed by atoms with E-state index >= 15 is 0 Å². The number of carbonyl (C=O) groups excluding carboxylic acids is 2. The predicted octanol–water partition coefficient (Wildman–Crippen LogP) is 2.14. The van der Waals surface area contributed by atoms with Gasteiger partial charge in [0.2, 0.25) is 0 Å². The summed E-state index contributed by atoms with van der Waals surface area (Å²) in [5.41, 5.74) is 2.22. The first-order valence-corrected chi connectivity index (χ1v) is 8.37. The van der Waals surface area contributed by atoms with Gasteiger partial charge in [-0.25, -0.2) is 4.98 Å². The summed E-state index contributed by atoms with van der Waals surface area (Å²) in [7, 11) is 1.70. The molecular weight excluding hydrogens is 318 g/mol. The molecule has 1 aromatic heterocycles. The molecule has 1 saturated heterocycles. The van der Waals surface area contributed by atoms with Crippen LogP contribution >= 0.6 is 0 Å². The Hall–Kier alpha value is -2.52. The Morgan fingerprint density at radius 1 is 1.36 bits per heavy atom. The molecule has 2 aliphatic rings. The molecule has 130 valence electrons. The third-order valence-electron chi connectivity index (χ3n) is 5.17. The van der Waals surface area contributed by atoms with Gasteiger partial charge in [-0.05, 0) is 31.4 Å². The maximum Gasteiger partial charge on any atom is 0.180 e. The van der Waals surface area contributed by atoms with Crippen LogP contribution in [0, 0.1) is 11.3 Å². The molecule has 1 fully saturated rings. The van der Waals surface area contributed by atoms with Crippen molar-refractivity contribution in [2.24, 2.45) is 0 Å². The number of Topliss-reactive ketones (excluding diaryl/α,β-unsaturated/α-hetero) is 2. The van der Waals surface area contributed by atoms with E-state index in [1.807, 2.05) is 4.90 Å². The van der Waals surface area contributed by atoms with Gasteiger partial charge in [0.1, 0.15) is 17.3 Å². The number of piperidine rings is 1. The minimum absolute atomic E-state index is 0.136. The number of aromatic nitrogens is 1. The van der Waals surface area contributed by atoms with Crippen molar-refractivity contribution in [3.8, 4) is 6.07 Å². The van der Waals surface area contributed by atoms with Crippen LogP contribution in [-0.2, 0) is 16.0 Å². The Bertz CT molecular complexity index is 812. The molecule has 1 aliphatic carbocycles. The van der Waals surface area contributed by atoms with Gasteiger partial charge in [0, 0.05) is 33.5 Å². The number of ketones is 2. The fraction of sp³-hybridized carbons (Fsp3) is 0.474. The van der Waals surface area contributed by atoms with Gasteiger partial charge >= 0.3 is 0 Å². The van der Waals surface area contributed by atoms with Gasteiger partial charge in [-0.15, -0.1) is 0 Å². The number of nitriles is 1. The zero-order chi connectivity index (χ0) is 18.2. The predicted molar refractivity (Wildman–Crippen MR) is 91.7 cm³/mol. The number of likely N-dealkylation sites (tertiary alicyclic amines) is 1. The lowest BCUT2D eigenvalue weighted by atomic mass is 9.88. The Morgan fingerprint density at radius 3 is 2.60 bits per heavy atom. The molecule has 1 aliphatic heterocycles. The van der Waals surface area contributed by atoms with Crippen LogP contribution in [0.25, 0.3) is 5.70 Å². The summed E-state index contributed by atoms with van der Waals surface area (Å²) in [6.07, 6.45) is 1.74.